The summed E-state index contributed by atoms with van der Waals surface area (Å²) < 4.78 is 0. The van der Waals surface area contributed by atoms with E-state index in [0.717, 1.165) is 38.0 Å². The van der Waals surface area contributed by atoms with E-state index in [1.54, 1.807) is 0 Å². The number of carbonyl (C=O) groups is 1. The lowest BCUT2D eigenvalue weighted by molar-refractivity contribution is -0.122. The molecule has 2 unspecified atom stereocenters. The highest BCUT2D eigenvalue weighted by atomic mass is 16.2. The van der Waals surface area contributed by atoms with Crippen LogP contribution in [-0.4, -0.2) is 48.6 Å². The molecule has 2 aliphatic carbocycles. The van der Waals surface area contributed by atoms with Crippen LogP contribution in [0.2, 0.25) is 0 Å². The molecule has 2 saturated carbocycles. The summed E-state index contributed by atoms with van der Waals surface area (Å²) in [5.41, 5.74) is 0. The first-order chi connectivity index (χ1) is 8.74. The van der Waals surface area contributed by atoms with Crippen molar-refractivity contribution >= 4 is 5.91 Å². The van der Waals surface area contributed by atoms with Gasteiger partial charge in [0.05, 0.1) is 0 Å². The third kappa shape index (κ3) is 3.04. The van der Waals surface area contributed by atoms with E-state index in [9.17, 15) is 4.79 Å². The van der Waals surface area contributed by atoms with E-state index < -0.39 is 0 Å². The maximum Gasteiger partial charge on any atom is 0.223 e. The lowest BCUT2D eigenvalue weighted by atomic mass is 10.2. The number of nitrogens with one attached hydrogen (secondary N) is 2. The van der Waals surface area contributed by atoms with Gasteiger partial charge in [-0.1, -0.05) is 0 Å². The number of hydrogen-bond donors (Lipinski definition) is 2. The summed E-state index contributed by atoms with van der Waals surface area (Å²) >= 11 is 0. The van der Waals surface area contributed by atoms with E-state index >= 15 is 0 Å². The Hall–Kier alpha value is -0.610. The number of nitrogens with zero attached hydrogens (tertiary/aromatic N) is 1. The molecule has 3 aliphatic rings. The fourth-order valence-corrected chi connectivity index (χ4v) is 3.07. The van der Waals surface area contributed by atoms with Gasteiger partial charge in [0.25, 0.3) is 0 Å². The van der Waals surface area contributed by atoms with Crippen molar-refractivity contribution < 1.29 is 4.79 Å². The molecule has 18 heavy (non-hydrogen) atoms. The molecule has 0 aromatic rings. The predicted molar refractivity (Wildman–Crippen MR) is 71.3 cm³/mol. The molecule has 0 bridgehead atoms. The second-order valence-electron chi connectivity index (χ2n) is 6.23. The van der Waals surface area contributed by atoms with Gasteiger partial charge in [-0.05, 0) is 39.0 Å². The van der Waals surface area contributed by atoms with E-state index in [4.69, 9.17) is 0 Å². The van der Waals surface area contributed by atoms with Crippen molar-refractivity contribution in [3.63, 3.8) is 0 Å². The molecule has 0 spiro atoms. The topological polar surface area (TPSA) is 44.4 Å². The zero-order valence-electron chi connectivity index (χ0n) is 11.3. The first kappa shape index (κ1) is 12.4. The molecule has 4 heteroatoms. The van der Waals surface area contributed by atoms with Crippen LogP contribution < -0.4 is 10.6 Å². The summed E-state index contributed by atoms with van der Waals surface area (Å²) in [7, 11) is 0. The van der Waals surface area contributed by atoms with Crippen LogP contribution in [0.25, 0.3) is 0 Å². The van der Waals surface area contributed by atoms with E-state index in [1.807, 2.05) is 0 Å². The van der Waals surface area contributed by atoms with Gasteiger partial charge in [0, 0.05) is 43.7 Å². The van der Waals surface area contributed by atoms with E-state index in [2.05, 4.69) is 22.5 Å². The van der Waals surface area contributed by atoms with Crippen LogP contribution in [0.3, 0.4) is 0 Å². The zero-order chi connectivity index (χ0) is 12.5. The van der Waals surface area contributed by atoms with Gasteiger partial charge in [-0.3, -0.25) is 9.69 Å². The fraction of sp³-hybridized carbons (Fsp3) is 0.929. The number of likely N-dealkylation sites (tertiary alicyclic amines) is 1. The minimum atomic E-state index is 0.260. The molecule has 102 valence electrons. The second kappa shape index (κ2) is 5.17. The van der Waals surface area contributed by atoms with Gasteiger partial charge in [0.1, 0.15) is 0 Å². The number of hydrogen-bond acceptors (Lipinski definition) is 3. The molecule has 1 saturated heterocycles. The smallest absolute Gasteiger partial charge is 0.223 e. The quantitative estimate of drug-likeness (QED) is 0.684. The summed E-state index contributed by atoms with van der Waals surface area (Å²) in [4.78, 5) is 14.1. The molecule has 0 radical (unpaired) electrons. The van der Waals surface area contributed by atoms with Crippen LogP contribution in [0.1, 0.15) is 39.0 Å². The number of carbonyl (C=O) groups excluding carboxylic acids is 1. The molecular formula is C14H25N3O. The van der Waals surface area contributed by atoms with Gasteiger partial charge < -0.3 is 10.6 Å². The van der Waals surface area contributed by atoms with Crippen molar-refractivity contribution in [3.05, 3.63) is 0 Å². The molecule has 2 N–H and O–H groups in total. The monoisotopic (exact) mass is 251 g/mol. The van der Waals surface area contributed by atoms with Gasteiger partial charge >= 0.3 is 0 Å². The Bertz CT molecular complexity index is 312. The van der Waals surface area contributed by atoms with Crippen molar-refractivity contribution in [2.45, 2.75) is 57.2 Å². The van der Waals surface area contributed by atoms with Crippen LogP contribution in [0.5, 0.6) is 0 Å². The van der Waals surface area contributed by atoms with Crippen LogP contribution in [0.4, 0.5) is 0 Å². The van der Waals surface area contributed by atoms with E-state index in [-0.39, 0.29) is 5.91 Å². The molecule has 2 atom stereocenters. The Labute approximate surface area is 109 Å². The molecule has 1 amide bonds. The zero-order valence-corrected chi connectivity index (χ0v) is 11.3. The first-order valence-corrected chi connectivity index (χ1v) is 7.51. The Morgan fingerprint density at radius 3 is 2.67 bits per heavy atom. The van der Waals surface area contributed by atoms with Crippen molar-refractivity contribution in [2.75, 3.05) is 19.6 Å². The molecular weight excluding hydrogens is 226 g/mol. The average molecular weight is 251 g/mol. The molecule has 3 fully saturated rings. The lowest BCUT2D eigenvalue weighted by Gasteiger charge is -2.19. The summed E-state index contributed by atoms with van der Waals surface area (Å²) in [5, 5.41) is 6.59. The average Bonchev–Trinajstić information content (AvgIpc) is 3.24. The molecule has 1 aliphatic heterocycles. The lowest BCUT2D eigenvalue weighted by Crippen LogP contribution is -2.39. The highest BCUT2D eigenvalue weighted by Crippen LogP contribution is 2.33. The fourth-order valence-electron chi connectivity index (χ4n) is 3.07. The Kier molecular flexibility index (Phi) is 3.57. The number of rotatable bonds is 6. The SMILES string of the molecule is CC1CC(NCCNC(=O)C2CC2)CN1C1CC1. The highest BCUT2D eigenvalue weighted by Gasteiger charge is 2.38. The Morgan fingerprint density at radius 1 is 1.22 bits per heavy atom. The Morgan fingerprint density at radius 2 is 2.00 bits per heavy atom. The number of amides is 1. The minimum Gasteiger partial charge on any atom is -0.355 e. The normalized spacial score (nSPS) is 32.7. The maximum absolute atomic E-state index is 11.5. The van der Waals surface area contributed by atoms with E-state index in [0.29, 0.717) is 12.0 Å². The van der Waals surface area contributed by atoms with Gasteiger partial charge in [0.2, 0.25) is 5.91 Å². The molecule has 3 rings (SSSR count). The highest BCUT2D eigenvalue weighted by molar-refractivity contribution is 5.80. The third-order valence-corrected chi connectivity index (χ3v) is 4.44. The third-order valence-electron chi connectivity index (χ3n) is 4.44. The maximum atomic E-state index is 11.5. The van der Waals surface area contributed by atoms with Crippen LogP contribution in [-0.2, 0) is 4.79 Å². The van der Waals surface area contributed by atoms with Crippen LogP contribution in [0.15, 0.2) is 0 Å². The minimum absolute atomic E-state index is 0.260. The van der Waals surface area contributed by atoms with Crippen molar-refractivity contribution in [3.8, 4) is 0 Å². The van der Waals surface area contributed by atoms with Crippen molar-refractivity contribution in [1.29, 1.82) is 0 Å². The molecule has 0 aromatic heterocycles. The molecule has 0 aromatic carbocycles. The summed E-state index contributed by atoms with van der Waals surface area (Å²) in [6.45, 7) is 5.23. The molecule has 4 nitrogen and oxygen atoms in total. The van der Waals surface area contributed by atoms with Gasteiger partial charge in [-0.25, -0.2) is 0 Å². The van der Waals surface area contributed by atoms with Gasteiger partial charge in [-0.2, -0.15) is 0 Å². The van der Waals surface area contributed by atoms with Crippen LogP contribution >= 0.6 is 0 Å². The largest absolute Gasteiger partial charge is 0.355 e. The molecule has 1 heterocycles. The Balaban J connectivity index is 1.30. The second-order valence-corrected chi connectivity index (χ2v) is 6.23. The van der Waals surface area contributed by atoms with Gasteiger partial charge in [0.15, 0.2) is 0 Å². The van der Waals surface area contributed by atoms with Crippen LogP contribution in [0, 0.1) is 5.92 Å². The van der Waals surface area contributed by atoms with Crippen molar-refractivity contribution in [2.24, 2.45) is 5.92 Å². The standard InChI is InChI=1S/C14H25N3O/c1-10-8-12(9-17(10)13-4-5-13)15-6-7-16-14(18)11-2-3-11/h10-13,15H,2-9H2,1H3,(H,16,18). The predicted octanol–water partition coefficient (Wildman–Crippen LogP) is 0.727. The summed E-state index contributed by atoms with van der Waals surface area (Å²) in [5.74, 6) is 0.595. The summed E-state index contributed by atoms with van der Waals surface area (Å²) in [6.07, 6.45) is 6.24. The first-order valence-electron chi connectivity index (χ1n) is 7.51. The summed E-state index contributed by atoms with van der Waals surface area (Å²) in [6, 6.07) is 2.23. The van der Waals surface area contributed by atoms with Crippen molar-refractivity contribution in [1.82, 2.24) is 15.5 Å². The van der Waals surface area contributed by atoms with Gasteiger partial charge in [-0.15, -0.1) is 0 Å². The van der Waals surface area contributed by atoms with E-state index in [1.165, 1.54) is 25.8 Å².